The molecule has 0 unspecified atom stereocenters. The van der Waals surface area contributed by atoms with Crippen LogP contribution in [0.1, 0.15) is 21.5 Å². The first-order valence-electron chi connectivity index (χ1n) is 6.95. The van der Waals surface area contributed by atoms with Crippen molar-refractivity contribution >= 4 is 39.0 Å². The smallest absolute Gasteiger partial charge is 0.275 e. The molecule has 5 nitrogen and oxygen atoms in total. The van der Waals surface area contributed by atoms with E-state index in [9.17, 15) is 14.3 Å². The number of fused-ring (bicyclic) bond motifs is 1. The van der Waals surface area contributed by atoms with Gasteiger partial charge in [0.05, 0.1) is 23.4 Å². The summed E-state index contributed by atoms with van der Waals surface area (Å²) in [5.74, 6) is -1.10. The Morgan fingerprint density at radius 2 is 2.17 bits per heavy atom. The molecule has 122 valence electrons. The highest BCUT2D eigenvalue weighted by Gasteiger charge is 2.16. The summed E-state index contributed by atoms with van der Waals surface area (Å²) in [4.78, 5) is 12.2. The quantitative estimate of drug-likeness (QED) is 0.521. The SMILES string of the molecule is Cc1coc2ccc(C(=O)NN=Cc3ccc(F)cc3Br)c(O)c12. The van der Waals surface area contributed by atoms with Gasteiger partial charge in [0, 0.05) is 10.0 Å². The second-order valence-corrected chi connectivity index (χ2v) is 5.97. The third-order valence-electron chi connectivity index (χ3n) is 3.47. The number of carbonyl (C=O) groups excluding carboxylic acids is 1. The molecule has 0 atom stereocenters. The molecule has 3 aromatic rings. The Labute approximate surface area is 144 Å². The molecule has 0 aliphatic carbocycles. The van der Waals surface area contributed by atoms with Crippen LogP contribution in [0, 0.1) is 12.7 Å². The summed E-state index contributed by atoms with van der Waals surface area (Å²) >= 11 is 3.21. The number of amides is 1. The molecule has 1 amide bonds. The molecule has 2 N–H and O–H groups in total. The number of phenolic OH excluding ortho intramolecular Hbond substituents is 1. The van der Waals surface area contributed by atoms with Gasteiger partial charge in [-0.2, -0.15) is 5.10 Å². The minimum atomic E-state index is -0.565. The zero-order valence-electron chi connectivity index (χ0n) is 12.5. The zero-order chi connectivity index (χ0) is 17.3. The van der Waals surface area contributed by atoms with Crippen LogP contribution in [0.25, 0.3) is 11.0 Å². The highest BCUT2D eigenvalue weighted by molar-refractivity contribution is 9.10. The largest absolute Gasteiger partial charge is 0.506 e. The molecule has 0 aliphatic heterocycles. The van der Waals surface area contributed by atoms with E-state index in [0.717, 1.165) is 5.56 Å². The van der Waals surface area contributed by atoms with E-state index in [1.807, 2.05) is 0 Å². The van der Waals surface area contributed by atoms with Gasteiger partial charge in [-0.15, -0.1) is 0 Å². The van der Waals surface area contributed by atoms with Crippen molar-refractivity contribution in [3.05, 3.63) is 63.6 Å². The lowest BCUT2D eigenvalue weighted by molar-refractivity contribution is 0.0952. The number of furan rings is 1. The fourth-order valence-electron chi connectivity index (χ4n) is 2.27. The van der Waals surface area contributed by atoms with Gasteiger partial charge in [0.25, 0.3) is 5.91 Å². The monoisotopic (exact) mass is 390 g/mol. The summed E-state index contributed by atoms with van der Waals surface area (Å²) in [6.07, 6.45) is 2.89. The molecule has 0 aliphatic rings. The Morgan fingerprint density at radius 1 is 1.38 bits per heavy atom. The molecule has 0 spiro atoms. The van der Waals surface area contributed by atoms with Gasteiger partial charge in [-0.3, -0.25) is 4.79 Å². The summed E-state index contributed by atoms with van der Waals surface area (Å²) < 4.78 is 18.8. The van der Waals surface area contributed by atoms with Crippen molar-refractivity contribution in [3.63, 3.8) is 0 Å². The lowest BCUT2D eigenvalue weighted by Gasteiger charge is -2.04. The third-order valence-corrected chi connectivity index (χ3v) is 4.16. The molecule has 1 aromatic heterocycles. The van der Waals surface area contributed by atoms with Crippen LogP contribution in [0.5, 0.6) is 5.75 Å². The summed E-state index contributed by atoms with van der Waals surface area (Å²) in [7, 11) is 0. The highest BCUT2D eigenvalue weighted by Crippen LogP contribution is 2.32. The van der Waals surface area contributed by atoms with Crippen LogP contribution in [-0.2, 0) is 0 Å². The van der Waals surface area contributed by atoms with Gasteiger partial charge in [0.1, 0.15) is 17.1 Å². The van der Waals surface area contributed by atoms with E-state index >= 15 is 0 Å². The van der Waals surface area contributed by atoms with Crippen molar-refractivity contribution < 1.29 is 18.7 Å². The Kier molecular flexibility index (Phi) is 4.35. The maximum Gasteiger partial charge on any atom is 0.275 e. The van der Waals surface area contributed by atoms with Crippen LogP contribution in [0.3, 0.4) is 0 Å². The number of rotatable bonds is 3. The van der Waals surface area contributed by atoms with Crippen LogP contribution in [0.2, 0.25) is 0 Å². The summed E-state index contributed by atoms with van der Waals surface area (Å²) in [6.45, 7) is 1.78. The Bertz CT molecular complexity index is 966. The number of hydrogen-bond acceptors (Lipinski definition) is 4. The minimum Gasteiger partial charge on any atom is -0.506 e. The molecule has 0 radical (unpaired) electrons. The number of aryl methyl sites for hydroxylation is 1. The number of halogens is 2. The van der Waals surface area contributed by atoms with Crippen molar-refractivity contribution in [2.24, 2.45) is 5.10 Å². The summed E-state index contributed by atoms with van der Waals surface area (Å²) in [5.41, 5.74) is 4.25. The average molecular weight is 391 g/mol. The number of phenols is 1. The van der Waals surface area contributed by atoms with Crippen LogP contribution in [-0.4, -0.2) is 17.2 Å². The molecule has 0 saturated carbocycles. The van der Waals surface area contributed by atoms with Gasteiger partial charge in [-0.05, 0) is 42.8 Å². The Morgan fingerprint density at radius 3 is 2.92 bits per heavy atom. The Hall–Kier alpha value is -2.67. The Balaban J connectivity index is 1.81. The predicted molar refractivity (Wildman–Crippen MR) is 91.8 cm³/mol. The second kappa shape index (κ2) is 6.45. The van der Waals surface area contributed by atoms with Gasteiger partial charge in [0.2, 0.25) is 0 Å². The van der Waals surface area contributed by atoms with Gasteiger partial charge >= 0.3 is 0 Å². The molecule has 0 saturated heterocycles. The van der Waals surface area contributed by atoms with E-state index in [1.165, 1.54) is 36.7 Å². The van der Waals surface area contributed by atoms with Crippen LogP contribution >= 0.6 is 15.9 Å². The molecular formula is C17H12BrFN2O3. The van der Waals surface area contributed by atoms with Crippen molar-refractivity contribution in [1.29, 1.82) is 0 Å². The van der Waals surface area contributed by atoms with E-state index in [1.54, 1.807) is 13.0 Å². The predicted octanol–water partition coefficient (Wildman–Crippen LogP) is 4.11. The van der Waals surface area contributed by atoms with Crippen molar-refractivity contribution in [3.8, 4) is 5.75 Å². The van der Waals surface area contributed by atoms with Crippen LogP contribution in [0.15, 0.2) is 50.6 Å². The first-order valence-corrected chi connectivity index (χ1v) is 7.75. The number of carbonyl (C=O) groups is 1. The third kappa shape index (κ3) is 3.03. The van der Waals surface area contributed by atoms with Gasteiger partial charge in [-0.25, -0.2) is 9.82 Å². The summed E-state index contributed by atoms with van der Waals surface area (Å²) in [6, 6.07) is 7.17. The van der Waals surface area contributed by atoms with Gasteiger partial charge < -0.3 is 9.52 Å². The number of nitrogens with zero attached hydrogens (tertiary/aromatic N) is 1. The van der Waals surface area contributed by atoms with Crippen LogP contribution < -0.4 is 5.43 Å². The molecule has 3 rings (SSSR count). The standard InChI is InChI=1S/C17H12BrFN2O3/c1-9-8-24-14-5-4-12(16(22)15(9)14)17(23)21-20-7-10-2-3-11(19)6-13(10)18/h2-8,22H,1H3,(H,21,23). The molecule has 24 heavy (non-hydrogen) atoms. The lowest BCUT2D eigenvalue weighted by Crippen LogP contribution is -2.17. The number of benzene rings is 2. The zero-order valence-corrected chi connectivity index (χ0v) is 14.1. The van der Waals surface area contributed by atoms with Crippen LogP contribution in [0.4, 0.5) is 4.39 Å². The normalized spacial score (nSPS) is 11.3. The molecular weight excluding hydrogens is 379 g/mol. The van der Waals surface area contributed by atoms with Crippen molar-refractivity contribution in [1.82, 2.24) is 5.43 Å². The molecule has 1 heterocycles. The maximum absolute atomic E-state index is 13.0. The molecule has 0 bridgehead atoms. The first kappa shape index (κ1) is 16.2. The van der Waals surface area contributed by atoms with E-state index in [0.29, 0.717) is 21.0 Å². The molecule has 2 aromatic carbocycles. The number of nitrogens with one attached hydrogen (secondary N) is 1. The molecule has 0 fully saturated rings. The highest BCUT2D eigenvalue weighted by atomic mass is 79.9. The maximum atomic E-state index is 13.0. The van der Waals surface area contributed by atoms with Crippen molar-refractivity contribution in [2.45, 2.75) is 6.92 Å². The number of aromatic hydroxyl groups is 1. The minimum absolute atomic E-state index is 0.0855. The van der Waals surface area contributed by atoms with E-state index < -0.39 is 5.91 Å². The second-order valence-electron chi connectivity index (χ2n) is 5.12. The summed E-state index contributed by atoms with van der Waals surface area (Å²) in [5, 5.41) is 14.6. The van der Waals surface area contributed by atoms with E-state index in [-0.39, 0.29) is 17.1 Å². The number of hydrazone groups is 1. The van der Waals surface area contributed by atoms with Gasteiger partial charge in [0.15, 0.2) is 0 Å². The molecule has 7 heteroatoms. The topological polar surface area (TPSA) is 74.8 Å². The fraction of sp³-hybridized carbons (Fsp3) is 0.0588. The number of hydrogen-bond donors (Lipinski definition) is 2. The van der Waals surface area contributed by atoms with Crippen molar-refractivity contribution in [2.75, 3.05) is 0 Å². The first-order chi connectivity index (χ1) is 11.5. The average Bonchev–Trinajstić information content (AvgIpc) is 2.92. The fourth-order valence-corrected chi connectivity index (χ4v) is 2.73. The lowest BCUT2D eigenvalue weighted by atomic mass is 10.1. The van der Waals surface area contributed by atoms with E-state index in [4.69, 9.17) is 4.42 Å². The van der Waals surface area contributed by atoms with Gasteiger partial charge in [-0.1, -0.05) is 15.9 Å². The van der Waals surface area contributed by atoms with E-state index in [2.05, 4.69) is 26.5 Å².